The van der Waals surface area contributed by atoms with Gasteiger partial charge in [0, 0.05) is 23.6 Å². The van der Waals surface area contributed by atoms with Gasteiger partial charge in [-0.1, -0.05) is 80.4 Å². The van der Waals surface area contributed by atoms with E-state index in [2.05, 4.69) is 60.8 Å². The maximum Gasteiger partial charge on any atom is 0.338 e. The van der Waals surface area contributed by atoms with Crippen molar-refractivity contribution in [2.75, 3.05) is 6.54 Å². The van der Waals surface area contributed by atoms with Gasteiger partial charge in [0.2, 0.25) is 0 Å². The summed E-state index contributed by atoms with van der Waals surface area (Å²) in [5.41, 5.74) is 3.70. The van der Waals surface area contributed by atoms with Crippen LogP contribution in [0.4, 0.5) is 4.79 Å². The number of carbonyl (C=O) groups excluding carboxylic acids is 1. The number of hydrogen-bond acceptors (Lipinski definition) is 2. The van der Waals surface area contributed by atoms with Crippen LogP contribution in [0, 0.1) is 0 Å². The molecule has 1 aliphatic heterocycles. The number of benzene rings is 2. The molecule has 4 heteroatoms. The predicted molar refractivity (Wildman–Crippen MR) is 114 cm³/mol. The Kier molecular flexibility index (Phi) is 5.75. The monoisotopic (exact) mass is 375 g/mol. The lowest BCUT2D eigenvalue weighted by Gasteiger charge is -2.16. The molecular formula is C24H29N3O. The van der Waals surface area contributed by atoms with E-state index in [1.54, 1.807) is 5.01 Å². The topological polar surface area (TPSA) is 44.7 Å². The van der Waals surface area contributed by atoms with Crippen molar-refractivity contribution >= 4 is 11.7 Å². The summed E-state index contributed by atoms with van der Waals surface area (Å²) in [6, 6.07) is 21.1. The Labute approximate surface area is 167 Å². The van der Waals surface area contributed by atoms with Gasteiger partial charge in [0.15, 0.2) is 0 Å². The lowest BCUT2D eigenvalue weighted by atomic mass is 9.92. The van der Waals surface area contributed by atoms with Crippen molar-refractivity contribution in [1.82, 2.24) is 10.3 Å². The molecule has 2 aliphatic rings. The summed E-state index contributed by atoms with van der Waals surface area (Å²) in [7, 11) is 0. The largest absolute Gasteiger partial charge is 0.338 e. The molecule has 28 heavy (non-hydrogen) atoms. The second-order valence-electron chi connectivity index (χ2n) is 7.90. The maximum absolute atomic E-state index is 12.8. The summed E-state index contributed by atoms with van der Waals surface area (Å²) < 4.78 is 0. The van der Waals surface area contributed by atoms with E-state index in [4.69, 9.17) is 5.10 Å². The molecule has 4 rings (SSSR count). The normalized spacial score (nSPS) is 23.4. The zero-order valence-corrected chi connectivity index (χ0v) is 16.6. The summed E-state index contributed by atoms with van der Waals surface area (Å²) in [5.74, 6) is 0.651. The van der Waals surface area contributed by atoms with Crippen molar-refractivity contribution in [2.24, 2.45) is 5.10 Å². The zero-order chi connectivity index (χ0) is 19.3. The average Bonchev–Trinajstić information content (AvgIpc) is 3.37. The minimum Gasteiger partial charge on any atom is -0.333 e. The third-order valence-corrected chi connectivity index (χ3v) is 5.81. The number of hydrogen-bond donors (Lipinski definition) is 1. The Morgan fingerprint density at radius 3 is 2.39 bits per heavy atom. The van der Waals surface area contributed by atoms with Crippen LogP contribution < -0.4 is 5.32 Å². The number of nitrogens with one attached hydrogen (secondary N) is 1. The van der Waals surface area contributed by atoms with Gasteiger partial charge in [-0.25, -0.2) is 9.80 Å². The lowest BCUT2D eigenvalue weighted by molar-refractivity contribution is 0.203. The number of nitrogens with zero attached hydrogens (tertiary/aromatic N) is 2. The molecule has 2 aromatic rings. The molecule has 1 heterocycles. The molecule has 0 bridgehead atoms. The van der Waals surface area contributed by atoms with Gasteiger partial charge >= 0.3 is 6.03 Å². The first-order valence-electron chi connectivity index (χ1n) is 10.5. The molecule has 0 radical (unpaired) electrons. The molecule has 1 N–H and O–H groups in total. The fourth-order valence-corrected chi connectivity index (χ4v) is 4.09. The number of rotatable bonds is 7. The van der Waals surface area contributed by atoms with E-state index in [0.29, 0.717) is 12.5 Å². The molecule has 2 amide bonds. The molecule has 2 aromatic carbocycles. The van der Waals surface area contributed by atoms with Crippen molar-refractivity contribution in [3.63, 3.8) is 0 Å². The third kappa shape index (κ3) is 4.27. The van der Waals surface area contributed by atoms with Crippen LogP contribution in [0.15, 0.2) is 65.8 Å². The quantitative estimate of drug-likeness (QED) is 0.657. The Bertz CT molecular complexity index is 818. The van der Waals surface area contributed by atoms with Crippen LogP contribution in [-0.2, 0) is 0 Å². The number of hydrazone groups is 1. The number of urea groups is 1. The Balaban J connectivity index is 1.40. The van der Waals surface area contributed by atoms with Crippen LogP contribution in [-0.4, -0.2) is 29.3 Å². The van der Waals surface area contributed by atoms with Gasteiger partial charge in [-0.05, 0) is 30.4 Å². The maximum atomic E-state index is 12.8. The molecule has 1 aliphatic carbocycles. The summed E-state index contributed by atoms with van der Waals surface area (Å²) in [6.45, 7) is 2.85. The molecule has 1 fully saturated rings. The molecule has 0 spiro atoms. The van der Waals surface area contributed by atoms with Crippen molar-refractivity contribution in [3.8, 4) is 0 Å². The van der Waals surface area contributed by atoms with Gasteiger partial charge in [-0.2, -0.15) is 5.10 Å². The van der Waals surface area contributed by atoms with Crippen LogP contribution >= 0.6 is 0 Å². The van der Waals surface area contributed by atoms with Crippen molar-refractivity contribution < 1.29 is 4.79 Å². The smallest absolute Gasteiger partial charge is 0.333 e. The van der Waals surface area contributed by atoms with Crippen molar-refractivity contribution in [2.45, 2.75) is 56.9 Å². The van der Waals surface area contributed by atoms with Crippen LogP contribution in [0.3, 0.4) is 0 Å². The Hall–Kier alpha value is -2.62. The molecule has 3 atom stereocenters. The highest BCUT2D eigenvalue weighted by molar-refractivity contribution is 5.94. The van der Waals surface area contributed by atoms with Crippen LogP contribution in [0.1, 0.15) is 62.0 Å². The van der Waals surface area contributed by atoms with Crippen LogP contribution in [0.25, 0.3) is 0 Å². The lowest BCUT2D eigenvalue weighted by Crippen LogP contribution is -2.37. The second-order valence-corrected chi connectivity index (χ2v) is 7.90. The van der Waals surface area contributed by atoms with Crippen molar-refractivity contribution in [1.29, 1.82) is 0 Å². The highest BCUT2D eigenvalue weighted by Gasteiger charge is 2.41. The highest BCUT2D eigenvalue weighted by atomic mass is 16.2. The van der Waals surface area contributed by atoms with Gasteiger partial charge in [0.25, 0.3) is 0 Å². The molecular weight excluding hydrogens is 346 g/mol. The summed E-state index contributed by atoms with van der Waals surface area (Å²) in [4.78, 5) is 12.8. The standard InChI is InChI=1S/C24H29N3O/c1-2-3-6-15-22-21(19-13-9-5-10-14-19)17-27(26-22)24(28)25-23-16-20(23)18-11-7-4-8-12-18/h4-5,7-14,20-21,23H,2-3,6,15-17H2,1H3,(H,25,28). The van der Waals surface area contributed by atoms with E-state index in [9.17, 15) is 4.79 Å². The first kappa shape index (κ1) is 18.7. The second kappa shape index (κ2) is 8.59. The van der Waals surface area contributed by atoms with Gasteiger partial charge in [0.1, 0.15) is 0 Å². The van der Waals surface area contributed by atoms with E-state index in [0.717, 1.165) is 25.0 Å². The third-order valence-electron chi connectivity index (χ3n) is 5.81. The Morgan fingerprint density at radius 1 is 1.04 bits per heavy atom. The molecule has 3 unspecified atom stereocenters. The van der Waals surface area contributed by atoms with Crippen LogP contribution in [0.5, 0.6) is 0 Å². The molecule has 4 nitrogen and oxygen atoms in total. The fraction of sp³-hybridized carbons (Fsp3) is 0.417. The summed E-state index contributed by atoms with van der Waals surface area (Å²) >= 11 is 0. The molecule has 146 valence electrons. The minimum atomic E-state index is -0.0603. The average molecular weight is 376 g/mol. The van der Waals surface area contributed by atoms with Gasteiger partial charge in [-0.3, -0.25) is 0 Å². The predicted octanol–water partition coefficient (Wildman–Crippen LogP) is 5.29. The number of unbranched alkanes of at least 4 members (excludes halogenated alkanes) is 2. The van der Waals surface area contributed by atoms with Crippen molar-refractivity contribution in [3.05, 3.63) is 71.8 Å². The van der Waals surface area contributed by atoms with Gasteiger partial charge in [-0.15, -0.1) is 0 Å². The minimum absolute atomic E-state index is 0.0603. The zero-order valence-electron chi connectivity index (χ0n) is 16.6. The SMILES string of the molecule is CCCCCC1=NN(C(=O)NC2CC2c2ccccc2)CC1c1ccccc1. The fourth-order valence-electron chi connectivity index (χ4n) is 4.09. The number of carbonyl (C=O) groups is 1. The summed E-state index contributed by atoms with van der Waals surface area (Å²) in [5, 5.41) is 9.57. The molecule has 0 aromatic heterocycles. The van der Waals surface area contributed by atoms with E-state index in [-0.39, 0.29) is 18.0 Å². The molecule has 0 saturated heterocycles. The Morgan fingerprint density at radius 2 is 1.71 bits per heavy atom. The van der Waals surface area contributed by atoms with E-state index < -0.39 is 0 Å². The van der Waals surface area contributed by atoms with E-state index in [1.165, 1.54) is 24.0 Å². The molecule has 1 saturated carbocycles. The number of amides is 2. The highest BCUT2D eigenvalue weighted by Crippen LogP contribution is 2.41. The van der Waals surface area contributed by atoms with E-state index >= 15 is 0 Å². The summed E-state index contributed by atoms with van der Waals surface area (Å²) in [6.07, 6.45) is 5.50. The van der Waals surface area contributed by atoms with E-state index in [1.807, 2.05) is 12.1 Å². The first-order chi connectivity index (χ1) is 13.8. The first-order valence-corrected chi connectivity index (χ1v) is 10.5. The van der Waals surface area contributed by atoms with Crippen LogP contribution in [0.2, 0.25) is 0 Å². The van der Waals surface area contributed by atoms with Gasteiger partial charge in [0.05, 0.1) is 6.54 Å². The van der Waals surface area contributed by atoms with Gasteiger partial charge < -0.3 is 5.32 Å².